The molecule has 0 bridgehead atoms. The molecular formula is C13H22N4O3S. The quantitative estimate of drug-likeness (QED) is 0.289. The number of anilines is 1. The first-order valence-electron chi connectivity index (χ1n) is 6.65. The summed E-state index contributed by atoms with van der Waals surface area (Å²) >= 11 is 0. The Hall–Kier alpha value is -1.80. The number of nitrogens with zero attached hydrogens (tertiary/aromatic N) is 2. The third-order valence-electron chi connectivity index (χ3n) is 2.71. The van der Waals surface area contributed by atoms with Gasteiger partial charge >= 0.3 is 10.2 Å². The molecule has 0 aliphatic heterocycles. The summed E-state index contributed by atoms with van der Waals surface area (Å²) in [5.41, 5.74) is 5.95. The van der Waals surface area contributed by atoms with Crippen LogP contribution in [0.5, 0.6) is 0 Å². The van der Waals surface area contributed by atoms with Crippen LogP contribution in [0.1, 0.15) is 20.3 Å². The summed E-state index contributed by atoms with van der Waals surface area (Å²) in [6, 6.07) is 8.70. The number of nitrogens with one attached hydrogen (secondary N) is 1. The molecule has 0 fully saturated rings. The van der Waals surface area contributed by atoms with Gasteiger partial charge in [-0.15, -0.1) is 0 Å². The van der Waals surface area contributed by atoms with Crippen LogP contribution in [-0.2, 0) is 10.2 Å². The number of para-hydroxylation sites is 1. The standard InChI is InChI=1S/C13H22N4O3S/c1-11(2)10-15-21(19,20)17(9-8-13(14)16-18)12-6-4-3-5-7-12/h3-7,11,15,18H,8-10H2,1-2H3,(H2,14,16). The minimum absolute atomic E-state index is 0.0185. The Kier molecular flexibility index (Phi) is 6.44. The predicted octanol–water partition coefficient (Wildman–Crippen LogP) is 1.12. The maximum Gasteiger partial charge on any atom is 0.301 e. The number of rotatable bonds is 8. The van der Waals surface area contributed by atoms with E-state index in [0.717, 1.165) is 0 Å². The summed E-state index contributed by atoms with van der Waals surface area (Å²) < 4.78 is 28.6. The van der Waals surface area contributed by atoms with Crippen molar-refractivity contribution in [2.45, 2.75) is 20.3 Å². The molecule has 4 N–H and O–H groups in total. The highest BCUT2D eigenvalue weighted by Gasteiger charge is 2.22. The molecule has 0 saturated carbocycles. The molecule has 1 aromatic carbocycles. The van der Waals surface area contributed by atoms with E-state index in [1.54, 1.807) is 30.3 Å². The van der Waals surface area contributed by atoms with Crippen LogP contribution < -0.4 is 14.8 Å². The lowest BCUT2D eigenvalue weighted by Crippen LogP contribution is -2.43. The van der Waals surface area contributed by atoms with Crippen LogP contribution >= 0.6 is 0 Å². The van der Waals surface area contributed by atoms with Crippen molar-refractivity contribution in [2.75, 3.05) is 17.4 Å². The largest absolute Gasteiger partial charge is 0.409 e. The van der Waals surface area contributed by atoms with Crippen molar-refractivity contribution < 1.29 is 13.6 Å². The van der Waals surface area contributed by atoms with E-state index in [0.29, 0.717) is 12.2 Å². The number of oxime groups is 1. The van der Waals surface area contributed by atoms with Crippen molar-refractivity contribution in [3.8, 4) is 0 Å². The Labute approximate surface area is 125 Å². The Morgan fingerprint density at radius 2 is 2.00 bits per heavy atom. The molecule has 0 aliphatic rings. The van der Waals surface area contributed by atoms with Crippen LogP contribution in [0.4, 0.5) is 5.69 Å². The highest BCUT2D eigenvalue weighted by atomic mass is 32.2. The van der Waals surface area contributed by atoms with Gasteiger partial charge in [0, 0.05) is 19.5 Å². The fourth-order valence-electron chi connectivity index (χ4n) is 1.60. The van der Waals surface area contributed by atoms with E-state index in [1.807, 2.05) is 13.8 Å². The molecule has 0 heterocycles. The second-order valence-corrected chi connectivity index (χ2v) is 6.68. The van der Waals surface area contributed by atoms with Crippen LogP contribution in [0, 0.1) is 5.92 Å². The molecule has 0 amide bonds. The van der Waals surface area contributed by atoms with Crippen molar-refractivity contribution in [3.63, 3.8) is 0 Å². The van der Waals surface area contributed by atoms with Gasteiger partial charge < -0.3 is 10.9 Å². The van der Waals surface area contributed by atoms with Crippen LogP contribution in [0.15, 0.2) is 35.5 Å². The number of nitrogens with two attached hydrogens (primary N) is 1. The van der Waals surface area contributed by atoms with Gasteiger partial charge in [-0.05, 0) is 18.1 Å². The average molecular weight is 314 g/mol. The van der Waals surface area contributed by atoms with Crippen LogP contribution in [-0.4, -0.2) is 32.6 Å². The molecule has 118 valence electrons. The second kappa shape index (κ2) is 7.84. The summed E-state index contributed by atoms with van der Waals surface area (Å²) in [5, 5.41) is 11.4. The van der Waals surface area contributed by atoms with Gasteiger partial charge in [-0.1, -0.05) is 37.2 Å². The monoisotopic (exact) mass is 314 g/mol. The molecule has 1 rings (SSSR count). The SMILES string of the molecule is CC(C)CNS(=O)(=O)N(CC/C(N)=N/O)c1ccccc1. The molecule has 7 nitrogen and oxygen atoms in total. The molecular weight excluding hydrogens is 292 g/mol. The molecule has 0 saturated heterocycles. The third kappa shape index (κ3) is 5.60. The molecule has 0 unspecified atom stereocenters. The van der Waals surface area contributed by atoms with Crippen molar-refractivity contribution >= 4 is 21.7 Å². The van der Waals surface area contributed by atoms with Gasteiger partial charge in [-0.3, -0.25) is 4.31 Å². The molecule has 21 heavy (non-hydrogen) atoms. The summed E-state index contributed by atoms with van der Waals surface area (Å²) in [5.74, 6) is 0.177. The van der Waals surface area contributed by atoms with E-state index in [1.165, 1.54) is 4.31 Å². The van der Waals surface area contributed by atoms with Gasteiger partial charge in [0.15, 0.2) is 0 Å². The van der Waals surface area contributed by atoms with E-state index in [-0.39, 0.29) is 24.7 Å². The zero-order valence-corrected chi connectivity index (χ0v) is 13.0. The van der Waals surface area contributed by atoms with E-state index in [4.69, 9.17) is 10.9 Å². The zero-order valence-electron chi connectivity index (χ0n) is 12.2. The van der Waals surface area contributed by atoms with Gasteiger partial charge in [0.2, 0.25) is 0 Å². The highest BCUT2D eigenvalue weighted by Crippen LogP contribution is 2.17. The highest BCUT2D eigenvalue weighted by molar-refractivity contribution is 7.90. The lowest BCUT2D eigenvalue weighted by molar-refractivity contribution is 0.317. The lowest BCUT2D eigenvalue weighted by Gasteiger charge is -2.25. The van der Waals surface area contributed by atoms with Crippen molar-refractivity contribution in [3.05, 3.63) is 30.3 Å². The molecule has 0 spiro atoms. The Bertz CT molecular complexity index is 558. The lowest BCUT2D eigenvalue weighted by atomic mass is 10.2. The molecule has 0 radical (unpaired) electrons. The van der Waals surface area contributed by atoms with E-state index in [2.05, 4.69) is 9.88 Å². The van der Waals surface area contributed by atoms with Crippen LogP contribution in [0.25, 0.3) is 0 Å². The summed E-state index contributed by atoms with van der Waals surface area (Å²) in [4.78, 5) is 0. The number of hydrogen-bond acceptors (Lipinski definition) is 4. The zero-order chi connectivity index (χ0) is 15.9. The molecule has 0 atom stereocenters. The van der Waals surface area contributed by atoms with Crippen molar-refractivity contribution in [2.24, 2.45) is 16.8 Å². The molecule has 0 aliphatic carbocycles. The number of hydrogen-bond donors (Lipinski definition) is 3. The van der Waals surface area contributed by atoms with Crippen LogP contribution in [0.3, 0.4) is 0 Å². The Morgan fingerprint density at radius 3 is 2.52 bits per heavy atom. The Balaban J connectivity index is 2.96. The van der Waals surface area contributed by atoms with E-state index < -0.39 is 10.2 Å². The smallest absolute Gasteiger partial charge is 0.301 e. The van der Waals surface area contributed by atoms with Gasteiger partial charge in [0.1, 0.15) is 5.84 Å². The van der Waals surface area contributed by atoms with Gasteiger partial charge in [-0.2, -0.15) is 13.1 Å². The first-order chi connectivity index (χ1) is 9.86. The first-order valence-corrected chi connectivity index (χ1v) is 8.09. The minimum Gasteiger partial charge on any atom is -0.409 e. The fraction of sp³-hybridized carbons (Fsp3) is 0.462. The van der Waals surface area contributed by atoms with Crippen molar-refractivity contribution in [1.82, 2.24) is 4.72 Å². The average Bonchev–Trinajstić information content (AvgIpc) is 2.46. The van der Waals surface area contributed by atoms with Crippen LogP contribution in [0.2, 0.25) is 0 Å². The van der Waals surface area contributed by atoms with E-state index >= 15 is 0 Å². The third-order valence-corrected chi connectivity index (χ3v) is 4.21. The Morgan fingerprint density at radius 1 is 1.38 bits per heavy atom. The predicted molar refractivity (Wildman–Crippen MR) is 83.6 cm³/mol. The molecule has 1 aromatic rings. The topological polar surface area (TPSA) is 108 Å². The fourth-order valence-corrected chi connectivity index (χ4v) is 3.03. The first kappa shape index (κ1) is 17.3. The van der Waals surface area contributed by atoms with E-state index in [9.17, 15) is 8.42 Å². The summed E-state index contributed by atoms with van der Waals surface area (Å²) in [7, 11) is -3.68. The number of benzene rings is 1. The van der Waals surface area contributed by atoms with Gasteiger partial charge in [0.25, 0.3) is 0 Å². The molecule has 8 heteroatoms. The normalized spacial score (nSPS) is 12.6. The maximum absolute atomic E-state index is 12.4. The van der Waals surface area contributed by atoms with Crippen molar-refractivity contribution in [1.29, 1.82) is 0 Å². The molecule has 0 aromatic heterocycles. The summed E-state index contributed by atoms with van der Waals surface area (Å²) in [6.07, 6.45) is 0.133. The van der Waals surface area contributed by atoms with Gasteiger partial charge in [0.05, 0.1) is 5.69 Å². The van der Waals surface area contributed by atoms with Gasteiger partial charge in [-0.25, -0.2) is 0 Å². The summed E-state index contributed by atoms with van der Waals surface area (Å²) in [6.45, 7) is 4.28. The number of amidine groups is 1. The minimum atomic E-state index is -3.68. The second-order valence-electron chi connectivity index (χ2n) is 5.00. The maximum atomic E-state index is 12.4.